The van der Waals surface area contributed by atoms with Gasteiger partial charge in [-0.2, -0.15) is 0 Å². The van der Waals surface area contributed by atoms with Gasteiger partial charge in [0.15, 0.2) is 0 Å². The Morgan fingerprint density at radius 3 is 2.53 bits per heavy atom. The minimum atomic E-state index is -0.282. The zero-order valence-electron chi connectivity index (χ0n) is 21.5. The van der Waals surface area contributed by atoms with E-state index in [1.165, 1.54) is 6.07 Å². The van der Waals surface area contributed by atoms with E-state index in [9.17, 15) is 14.0 Å². The Balaban J connectivity index is 1.32. The Kier molecular flexibility index (Phi) is 8.28. The standard InChI is InChI=1S/C27H37FN4O4/c1-17-15-32(16-18(2)35-17)27(34)26(29)21-6-4-8-23(21)30-14-25(33)31-12-10-20(11-13-31)36-24-9-5-7-22(28)19(24)3/h5,7,9,17-18,20H,4,6,8,10-16,29H2,1-3H3/b26-21-,30-23?/t17-,18+. The van der Waals surface area contributed by atoms with Gasteiger partial charge in [0.1, 0.15) is 29.9 Å². The van der Waals surface area contributed by atoms with Crippen LogP contribution in [0.1, 0.15) is 51.5 Å². The van der Waals surface area contributed by atoms with E-state index >= 15 is 0 Å². The van der Waals surface area contributed by atoms with Crippen LogP contribution in [-0.4, -0.2) is 78.4 Å². The molecule has 0 unspecified atom stereocenters. The summed E-state index contributed by atoms with van der Waals surface area (Å²) in [4.78, 5) is 34.0. The molecule has 36 heavy (non-hydrogen) atoms. The van der Waals surface area contributed by atoms with E-state index < -0.39 is 0 Å². The number of piperidine rings is 1. The number of halogens is 1. The van der Waals surface area contributed by atoms with Crippen LogP contribution in [0.3, 0.4) is 0 Å². The quantitative estimate of drug-likeness (QED) is 0.627. The fourth-order valence-electron chi connectivity index (χ4n) is 5.22. The van der Waals surface area contributed by atoms with Gasteiger partial charge in [-0.05, 0) is 52.2 Å². The van der Waals surface area contributed by atoms with Crippen LogP contribution in [0.2, 0.25) is 0 Å². The van der Waals surface area contributed by atoms with Crippen LogP contribution >= 0.6 is 0 Å². The van der Waals surface area contributed by atoms with E-state index in [-0.39, 0.29) is 48.2 Å². The number of ether oxygens (including phenoxy) is 2. The molecule has 1 aromatic carbocycles. The molecule has 2 N–H and O–H groups in total. The third kappa shape index (κ3) is 6.06. The summed E-state index contributed by atoms with van der Waals surface area (Å²) in [6, 6.07) is 4.84. The number of rotatable bonds is 5. The number of nitrogens with two attached hydrogens (primary N) is 1. The third-order valence-electron chi connectivity index (χ3n) is 7.16. The summed E-state index contributed by atoms with van der Waals surface area (Å²) in [5.74, 6) is 0.0502. The Labute approximate surface area is 212 Å². The van der Waals surface area contributed by atoms with Gasteiger partial charge in [0.25, 0.3) is 5.91 Å². The van der Waals surface area contributed by atoms with Crippen LogP contribution in [0, 0.1) is 12.7 Å². The normalized spacial score (nSPS) is 25.8. The molecular formula is C27H37FN4O4. The van der Waals surface area contributed by atoms with E-state index in [1.54, 1.807) is 28.9 Å². The molecule has 2 saturated heterocycles. The summed E-state index contributed by atoms with van der Waals surface area (Å²) in [5.41, 5.74) is 8.60. The number of amides is 2. The second-order valence-corrected chi connectivity index (χ2v) is 10.0. The first kappa shape index (κ1) is 26.1. The van der Waals surface area contributed by atoms with E-state index in [0.717, 1.165) is 24.1 Å². The van der Waals surface area contributed by atoms with Crippen molar-refractivity contribution in [1.82, 2.24) is 9.80 Å². The fraction of sp³-hybridized carbons (Fsp3) is 0.593. The number of morpholine rings is 1. The van der Waals surface area contributed by atoms with Crippen LogP contribution in [0.5, 0.6) is 5.75 Å². The minimum Gasteiger partial charge on any atom is -0.490 e. The lowest BCUT2D eigenvalue weighted by Crippen LogP contribution is -2.49. The average Bonchev–Trinajstić information content (AvgIpc) is 3.33. The number of carbonyl (C=O) groups excluding carboxylic acids is 2. The lowest BCUT2D eigenvalue weighted by molar-refractivity contribution is -0.139. The number of hydrogen-bond donors (Lipinski definition) is 1. The average molecular weight is 501 g/mol. The van der Waals surface area contributed by atoms with Crippen molar-refractivity contribution in [2.75, 3.05) is 32.7 Å². The summed E-state index contributed by atoms with van der Waals surface area (Å²) >= 11 is 0. The first-order chi connectivity index (χ1) is 17.2. The van der Waals surface area contributed by atoms with Gasteiger partial charge in [0, 0.05) is 55.9 Å². The van der Waals surface area contributed by atoms with Crippen LogP contribution in [0.4, 0.5) is 4.39 Å². The number of allylic oxidation sites excluding steroid dienone is 1. The highest BCUT2D eigenvalue weighted by atomic mass is 19.1. The van der Waals surface area contributed by atoms with Crippen LogP contribution in [-0.2, 0) is 14.3 Å². The SMILES string of the molecule is Cc1c(F)cccc1OC1CCN(C(=O)CN=C2CCC/C2=C(/N)C(=O)N2C[C@@H](C)O[C@@H](C)C2)CC1. The number of likely N-dealkylation sites (tertiary alicyclic amines) is 1. The van der Waals surface area contributed by atoms with Crippen LogP contribution < -0.4 is 10.5 Å². The van der Waals surface area contributed by atoms with E-state index in [1.807, 2.05) is 13.8 Å². The van der Waals surface area contributed by atoms with Crippen molar-refractivity contribution in [2.45, 2.75) is 71.2 Å². The highest BCUT2D eigenvalue weighted by Gasteiger charge is 2.30. The van der Waals surface area contributed by atoms with E-state index in [2.05, 4.69) is 4.99 Å². The van der Waals surface area contributed by atoms with Gasteiger partial charge < -0.3 is 25.0 Å². The Morgan fingerprint density at radius 2 is 1.83 bits per heavy atom. The zero-order valence-corrected chi connectivity index (χ0v) is 21.5. The highest BCUT2D eigenvalue weighted by molar-refractivity contribution is 6.09. The molecule has 8 nitrogen and oxygen atoms in total. The zero-order chi connectivity index (χ0) is 25.8. The van der Waals surface area contributed by atoms with Crippen molar-refractivity contribution in [3.05, 3.63) is 40.8 Å². The Bertz CT molecular complexity index is 1040. The third-order valence-corrected chi connectivity index (χ3v) is 7.16. The second kappa shape index (κ2) is 11.4. The monoisotopic (exact) mass is 500 g/mol. The van der Waals surface area contributed by atoms with Gasteiger partial charge in [0.05, 0.1) is 12.2 Å². The van der Waals surface area contributed by atoms with Gasteiger partial charge in [-0.15, -0.1) is 0 Å². The molecule has 2 atom stereocenters. The molecule has 1 saturated carbocycles. The lowest BCUT2D eigenvalue weighted by atomic mass is 10.1. The molecule has 2 aliphatic heterocycles. The van der Waals surface area contributed by atoms with Gasteiger partial charge in [-0.1, -0.05) is 6.07 Å². The van der Waals surface area contributed by atoms with Crippen molar-refractivity contribution in [3.8, 4) is 5.75 Å². The smallest absolute Gasteiger partial charge is 0.270 e. The predicted octanol–water partition coefficient (Wildman–Crippen LogP) is 2.98. The van der Waals surface area contributed by atoms with Crippen molar-refractivity contribution in [1.29, 1.82) is 0 Å². The lowest BCUT2D eigenvalue weighted by Gasteiger charge is -2.35. The maximum absolute atomic E-state index is 13.8. The van der Waals surface area contributed by atoms with Crippen LogP contribution in [0.15, 0.2) is 34.5 Å². The van der Waals surface area contributed by atoms with E-state index in [0.29, 0.717) is 56.8 Å². The van der Waals surface area contributed by atoms with Gasteiger partial charge in [-0.25, -0.2) is 4.39 Å². The molecule has 1 aliphatic carbocycles. The molecule has 3 fully saturated rings. The molecular weight excluding hydrogens is 463 g/mol. The summed E-state index contributed by atoms with van der Waals surface area (Å²) in [7, 11) is 0. The number of nitrogens with zero attached hydrogens (tertiary/aromatic N) is 3. The summed E-state index contributed by atoms with van der Waals surface area (Å²) in [5, 5.41) is 0. The molecule has 2 heterocycles. The highest BCUT2D eigenvalue weighted by Crippen LogP contribution is 2.26. The number of aliphatic imine (C=N–C) groups is 1. The first-order valence-electron chi connectivity index (χ1n) is 12.9. The van der Waals surface area contributed by atoms with Crippen molar-refractivity contribution in [2.24, 2.45) is 10.7 Å². The minimum absolute atomic E-state index is 0.0303. The summed E-state index contributed by atoms with van der Waals surface area (Å²) < 4.78 is 25.5. The number of carbonyl (C=O) groups is 2. The Hall–Kier alpha value is -2.94. The number of hydrogen-bond acceptors (Lipinski definition) is 6. The molecule has 0 radical (unpaired) electrons. The molecule has 2 amide bonds. The largest absolute Gasteiger partial charge is 0.490 e. The van der Waals surface area contributed by atoms with Crippen molar-refractivity contribution >= 4 is 17.5 Å². The van der Waals surface area contributed by atoms with Crippen molar-refractivity contribution < 1.29 is 23.5 Å². The van der Waals surface area contributed by atoms with E-state index in [4.69, 9.17) is 15.2 Å². The van der Waals surface area contributed by atoms with Gasteiger partial charge >= 0.3 is 0 Å². The second-order valence-electron chi connectivity index (χ2n) is 10.0. The maximum atomic E-state index is 13.8. The summed E-state index contributed by atoms with van der Waals surface area (Å²) in [6.07, 6.45) is 3.53. The van der Waals surface area contributed by atoms with Gasteiger partial charge in [0.2, 0.25) is 5.91 Å². The Morgan fingerprint density at radius 1 is 1.14 bits per heavy atom. The topological polar surface area (TPSA) is 97.5 Å². The maximum Gasteiger partial charge on any atom is 0.270 e. The fourth-order valence-corrected chi connectivity index (χ4v) is 5.22. The molecule has 3 aliphatic rings. The first-order valence-corrected chi connectivity index (χ1v) is 12.9. The summed E-state index contributed by atoms with van der Waals surface area (Å²) in [6.45, 7) is 7.81. The molecule has 4 rings (SSSR count). The molecule has 0 spiro atoms. The van der Waals surface area contributed by atoms with Gasteiger partial charge in [-0.3, -0.25) is 14.6 Å². The molecule has 1 aromatic rings. The molecule has 0 bridgehead atoms. The van der Waals surface area contributed by atoms with Crippen LogP contribution in [0.25, 0.3) is 0 Å². The molecule has 196 valence electrons. The number of benzene rings is 1. The molecule has 9 heteroatoms. The van der Waals surface area contributed by atoms with Crippen molar-refractivity contribution in [3.63, 3.8) is 0 Å². The predicted molar refractivity (Wildman–Crippen MR) is 135 cm³/mol. The molecule has 0 aromatic heterocycles.